The summed E-state index contributed by atoms with van der Waals surface area (Å²) in [6.07, 6.45) is -4.69. The van der Waals surface area contributed by atoms with Crippen molar-refractivity contribution in [2.75, 3.05) is 0 Å². The summed E-state index contributed by atoms with van der Waals surface area (Å²) in [5, 5.41) is 9.03. The molecule has 0 saturated carbocycles. The van der Waals surface area contributed by atoms with Crippen molar-refractivity contribution in [3.05, 3.63) is 64.7 Å². The number of carbonyl (C=O) groups excluding carboxylic acids is 1. The highest BCUT2D eigenvalue weighted by Gasteiger charge is 2.36. The summed E-state index contributed by atoms with van der Waals surface area (Å²) in [7, 11) is 0. The van der Waals surface area contributed by atoms with E-state index >= 15 is 0 Å². The van der Waals surface area contributed by atoms with Crippen molar-refractivity contribution in [3.8, 4) is 11.8 Å². The fourth-order valence-corrected chi connectivity index (χ4v) is 2.04. The van der Waals surface area contributed by atoms with Crippen LogP contribution in [0.1, 0.15) is 34.0 Å². The van der Waals surface area contributed by atoms with Gasteiger partial charge in [-0.05, 0) is 24.6 Å². The van der Waals surface area contributed by atoms with Crippen LogP contribution in [-0.4, -0.2) is 5.78 Å². The van der Waals surface area contributed by atoms with Crippen molar-refractivity contribution in [1.82, 2.24) is 0 Å². The van der Waals surface area contributed by atoms with E-state index in [1.165, 1.54) is 0 Å². The maximum Gasteiger partial charge on any atom is 0.419 e. The van der Waals surface area contributed by atoms with Crippen LogP contribution in [-0.2, 0) is 12.8 Å². The number of rotatable bonds is 4. The number of carbonyl (C=O) groups is 1. The van der Waals surface area contributed by atoms with Crippen LogP contribution in [0.5, 0.6) is 5.75 Å². The standard InChI is InChI=1S/C17H12F3NO2/c1-11(22)14-8-15(17(18,19)20)16(7-13(14)9-21)23-10-12-5-3-2-4-6-12/h2-8H,10H2,1H3. The Labute approximate surface area is 130 Å². The van der Waals surface area contributed by atoms with Gasteiger partial charge in [0.25, 0.3) is 0 Å². The molecule has 23 heavy (non-hydrogen) atoms. The summed E-state index contributed by atoms with van der Waals surface area (Å²) < 4.78 is 44.8. The first-order valence-electron chi connectivity index (χ1n) is 6.66. The van der Waals surface area contributed by atoms with Gasteiger partial charge in [-0.15, -0.1) is 0 Å². The number of hydrogen-bond donors (Lipinski definition) is 0. The minimum absolute atomic E-state index is 0.0752. The van der Waals surface area contributed by atoms with E-state index in [9.17, 15) is 18.0 Å². The van der Waals surface area contributed by atoms with Gasteiger partial charge in [0, 0.05) is 5.56 Å². The van der Waals surface area contributed by atoms with E-state index in [1.54, 1.807) is 36.4 Å². The molecule has 0 bridgehead atoms. The predicted molar refractivity (Wildman–Crippen MR) is 76.9 cm³/mol. The lowest BCUT2D eigenvalue weighted by Gasteiger charge is -2.16. The second-order valence-electron chi connectivity index (χ2n) is 4.83. The summed E-state index contributed by atoms with van der Waals surface area (Å²) in [5.41, 5.74) is -0.798. The second kappa shape index (κ2) is 6.53. The molecule has 6 heteroatoms. The topological polar surface area (TPSA) is 50.1 Å². The van der Waals surface area contributed by atoms with Crippen molar-refractivity contribution in [3.63, 3.8) is 0 Å². The van der Waals surface area contributed by atoms with Crippen molar-refractivity contribution in [2.45, 2.75) is 19.7 Å². The minimum Gasteiger partial charge on any atom is -0.488 e. The van der Waals surface area contributed by atoms with E-state index in [-0.39, 0.29) is 17.7 Å². The van der Waals surface area contributed by atoms with Gasteiger partial charge >= 0.3 is 6.18 Å². The molecular formula is C17H12F3NO2. The zero-order chi connectivity index (χ0) is 17.0. The quantitative estimate of drug-likeness (QED) is 0.787. The fraction of sp³-hybridized carbons (Fsp3) is 0.176. The van der Waals surface area contributed by atoms with Gasteiger partial charge in [0.1, 0.15) is 18.4 Å². The average Bonchev–Trinajstić information content (AvgIpc) is 2.51. The lowest BCUT2D eigenvalue weighted by molar-refractivity contribution is -0.139. The Bertz CT molecular complexity index is 762. The van der Waals surface area contributed by atoms with E-state index in [2.05, 4.69) is 0 Å². The minimum atomic E-state index is -4.69. The first-order valence-corrected chi connectivity index (χ1v) is 6.66. The highest BCUT2D eigenvalue weighted by Crippen LogP contribution is 2.38. The summed E-state index contributed by atoms with van der Waals surface area (Å²) in [4.78, 5) is 11.4. The third-order valence-corrected chi connectivity index (χ3v) is 3.16. The summed E-state index contributed by atoms with van der Waals surface area (Å²) in [5.74, 6) is -1.08. The number of nitrogens with zero attached hydrogens (tertiary/aromatic N) is 1. The number of benzene rings is 2. The van der Waals surface area contributed by atoms with Crippen molar-refractivity contribution in [1.29, 1.82) is 5.26 Å². The Morgan fingerprint density at radius 1 is 1.22 bits per heavy atom. The van der Waals surface area contributed by atoms with Crippen LogP contribution < -0.4 is 4.74 Å². The lowest BCUT2D eigenvalue weighted by atomic mass is 10.0. The zero-order valence-corrected chi connectivity index (χ0v) is 12.1. The third kappa shape index (κ3) is 3.89. The summed E-state index contributed by atoms with van der Waals surface area (Å²) in [6, 6.07) is 12.0. The molecule has 0 aromatic heterocycles. The molecule has 0 aliphatic rings. The molecule has 0 saturated heterocycles. The molecule has 2 aromatic carbocycles. The maximum absolute atomic E-state index is 13.2. The van der Waals surface area contributed by atoms with Crippen LogP contribution in [0.3, 0.4) is 0 Å². The monoisotopic (exact) mass is 319 g/mol. The van der Waals surface area contributed by atoms with Crippen LogP contribution in [0.15, 0.2) is 42.5 Å². The molecule has 0 atom stereocenters. The molecule has 0 fully saturated rings. The molecule has 0 unspecified atom stereocenters. The summed E-state index contributed by atoms with van der Waals surface area (Å²) >= 11 is 0. The Hall–Kier alpha value is -2.81. The molecule has 0 spiro atoms. The van der Waals surface area contributed by atoms with E-state index in [0.29, 0.717) is 11.6 Å². The normalized spacial score (nSPS) is 10.9. The van der Waals surface area contributed by atoms with Crippen molar-refractivity contribution in [2.24, 2.45) is 0 Å². The highest BCUT2D eigenvalue weighted by atomic mass is 19.4. The SMILES string of the molecule is CC(=O)c1cc(C(F)(F)F)c(OCc2ccccc2)cc1C#N. The number of alkyl halides is 3. The molecule has 2 rings (SSSR count). The number of ether oxygens (including phenoxy) is 1. The second-order valence-corrected chi connectivity index (χ2v) is 4.83. The summed E-state index contributed by atoms with van der Waals surface area (Å²) in [6.45, 7) is 1.04. The first-order chi connectivity index (χ1) is 10.8. The number of hydrogen-bond acceptors (Lipinski definition) is 3. The van der Waals surface area contributed by atoms with Crippen molar-refractivity contribution >= 4 is 5.78 Å². The Balaban J connectivity index is 2.44. The van der Waals surface area contributed by atoms with Crippen LogP contribution in [0.2, 0.25) is 0 Å². The van der Waals surface area contributed by atoms with Crippen LogP contribution in [0.25, 0.3) is 0 Å². The van der Waals surface area contributed by atoms with Crippen molar-refractivity contribution < 1.29 is 22.7 Å². The Kier molecular flexibility index (Phi) is 4.70. The molecule has 2 aromatic rings. The molecular weight excluding hydrogens is 307 g/mol. The van der Waals surface area contributed by atoms with Gasteiger partial charge in [-0.1, -0.05) is 30.3 Å². The largest absolute Gasteiger partial charge is 0.488 e. The van der Waals surface area contributed by atoms with E-state index in [4.69, 9.17) is 10.00 Å². The molecule has 0 aliphatic heterocycles. The number of nitriles is 1. The van der Waals surface area contributed by atoms with E-state index in [0.717, 1.165) is 13.0 Å². The molecule has 118 valence electrons. The van der Waals surface area contributed by atoms with Gasteiger partial charge in [0.15, 0.2) is 5.78 Å². The van der Waals surface area contributed by atoms with Crippen LogP contribution >= 0.6 is 0 Å². The lowest BCUT2D eigenvalue weighted by Crippen LogP contribution is -2.12. The predicted octanol–water partition coefficient (Wildman–Crippen LogP) is 4.36. The highest BCUT2D eigenvalue weighted by molar-refractivity contribution is 5.97. The number of Topliss-reactive ketones (excluding diaryl/α,β-unsaturated/α-hetero) is 1. The van der Waals surface area contributed by atoms with E-state index < -0.39 is 23.3 Å². The fourth-order valence-electron chi connectivity index (χ4n) is 2.04. The van der Waals surface area contributed by atoms with Gasteiger partial charge in [0.05, 0.1) is 11.1 Å². The molecule has 3 nitrogen and oxygen atoms in total. The van der Waals surface area contributed by atoms with Gasteiger partial charge in [-0.2, -0.15) is 18.4 Å². The molecule has 0 heterocycles. The smallest absolute Gasteiger partial charge is 0.419 e. The Morgan fingerprint density at radius 3 is 2.39 bits per heavy atom. The van der Waals surface area contributed by atoms with Crippen LogP contribution in [0, 0.1) is 11.3 Å². The molecule has 0 radical (unpaired) electrons. The molecule has 0 N–H and O–H groups in total. The maximum atomic E-state index is 13.2. The zero-order valence-electron chi connectivity index (χ0n) is 12.1. The van der Waals surface area contributed by atoms with Gasteiger partial charge in [0.2, 0.25) is 0 Å². The third-order valence-electron chi connectivity index (χ3n) is 3.16. The van der Waals surface area contributed by atoms with Gasteiger partial charge in [-0.25, -0.2) is 0 Å². The van der Waals surface area contributed by atoms with Gasteiger partial charge < -0.3 is 4.74 Å². The number of ketones is 1. The van der Waals surface area contributed by atoms with Crippen LogP contribution in [0.4, 0.5) is 13.2 Å². The van der Waals surface area contributed by atoms with Gasteiger partial charge in [-0.3, -0.25) is 4.79 Å². The molecule has 0 amide bonds. The average molecular weight is 319 g/mol. The number of halogens is 3. The molecule has 0 aliphatic carbocycles. The first kappa shape index (κ1) is 16.6. The van der Waals surface area contributed by atoms with E-state index in [1.807, 2.05) is 0 Å². The Morgan fingerprint density at radius 2 is 1.87 bits per heavy atom.